The highest BCUT2D eigenvalue weighted by molar-refractivity contribution is 7.99. The SMILES string of the molecule is CCCCn1c(C(C)C)nc(SCC[NH3+])c1-c1ccccc1.[Cl-]. The number of unbranched alkanes of at least 4 members (excludes halogenated alkanes) is 1. The molecule has 0 saturated carbocycles. The molecule has 0 unspecified atom stereocenters. The lowest BCUT2D eigenvalue weighted by Crippen LogP contribution is -3.00. The van der Waals surface area contributed by atoms with E-state index in [1.807, 2.05) is 11.8 Å². The number of nitrogens with zero attached hydrogens (tertiary/aromatic N) is 2. The average molecular weight is 354 g/mol. The van der Waals surface area contributed by atoms with Gasteiger partial charge in [0.1, 0.15) is 10.9 Å². The molecule has 5 heteroatoms. The van der Waals surface area contributed by atoms with Gasteiger partial charge in [-0.25, -0.2) is 4.98 Å². The zero-order valence-electron chi connectivity index (χ0n) is 14.4. The summed E-state index contributed by atoms with van der Waals surface area (Å²) in [5, 5.41) is 1.16. The molecule has 2 aromatic rings. The van der Waals surface area contributed by atoms with Gasteiger partial charge in [-0.15, -0.1) is 0 Å². The minimum atomic E-state index is 0. The zero-order chi connectivity index (χ0) is 15.9. The highest BCUT2D eigenvalue weighted by atomic mass is 35.5. The molecule has 1 heterocycles. The Hall–Kier alpha value is -0.970. The third-order valence-corrected chi connectivity index (χ3v) is 4.70. The molecule has 3 N–H and O–H groups in total. The van der Waals surface area contributed by atoms with Crippen LogP contribution in [-0.2, 0) is 6.54 Å². The van der Waals surface area contributed by atoms with Gasteiger partial charge in [-0.2, -0.15) is 0 Å². The van der Waals surface area contributed by atoms with Crippen molar-refractivity contribution >= 4 is 11.8 Å². The number of halogens is 1. The van der Waals surface area contributed by atoms with Gasteiger partial charge in [-0.3, -0.25) is 0 Å². The fourth-order valence-electron chi connectivity index (χ4n) is 2.58. The molecule has 0 aliphatic rings. The van der Waals surface area contributed by atoms with Crippen LogP contribution in [0.15, 0.2) is 35.4 Å². The fourth-order valence-corrected chi connectivity index (χ4v) is 3.44. The van der Waals surface area contributed by atoms with Crippen LogP contribution >= 0.6 is 11.8 Å². The van der Waals surface area contributed by atoms with Crippen LogP contribution < -0.4 is 18.1 Å². The van der Waals surface area contributed by atoms with Crippen molar-refractivity contribution in [3.05, 3.63) is 36.2 Å². The second-order valence-electron chi connectivity index (χ2n) is 5.85. The van der Waals surface area contributed by atoms with Crippen LogP contribution in [0.2, 0.25) is 0 Å². The zero-order valence-corrected chi connectivity index (χ0v) is 16.0. The summed E-state index contributed by atoms with van der Waals surface area (Å²) in [6, 6.07) is 10.7. The molecule has 0 spiro atoms. The highest BCUT2D eigenvalue weighted by Crippen LogP contribution is 2.34. The molecule has 1 aromatic carbocycles. The molecule has 0 amide bonds. The maximum Gasteiger partial charge on any atom is 0.123 e. The molecule has 2 rings (SSSR count). The van der Waals surface area contributed by atoms with Crippen LogP contribution in [0, 0.1) is 0 Å². The van der Waals surface area contributed by atoms with Crippen LogP contribution in [0.4, 0.5) is 0 Å². The Bertz CT molecular complexity index is 581. The fraction of sp³-hybridized carbons (Fsp3) is 0.500. The lowest BCUT2D eigenvalue weighted by atomic mass is 10.1. The molecule has 0 atom stereocenters. The lowest BCUT2D eigenvalue weighted by Gasteiger charge is -2.14. The normalized spacial score (nSPS) is 10.8. The Labute approximate surface area is 150 Å². The van der Waals surface area contributed by atoms with Crippen LogP contribution in [0.25, 0.3) is 11.3 Å². The predicted octanol–water partition coefficient (Wildman–Crippen LogP) is 0.812. The Morgan fingerprint density at radius 3 is 2.48 bits per heavy atom. The van der Waals surface area contributed by atoms with Crippen LogP contribution in [0.5, 0.6) is 0 Å². The summed E-state index contributed by atoms with van der Waals surface area (Å²) in [4.78, 5) is 4.97. The Morgan fingerprint density at radius 2 is 1.91 bits per heavy atom. The average Bonchev–Trinajstić information content (AvgIpc) is 2.90. The van der Waals surface area contributed by atoms with Gasteiger partial charge in [0.15, 0.2) is 0 Å². The van der Waals surface area contributed by atoms with Crippen LogP contribution in [0.3, 0.4) is 0 Å². The second-order valence-corrected chi connectivity index (χ2v) is 6.94. The van der Waals surface area contributed by atoms with E-state index >= 15 is 0 Å². The number of imidazole rings is 1. The first-order valence-corrected chi connectivity index (χ1v) is 9.25. The van der Waals surface area contributed by atoms with E-state index in [1.165, 1.54) is 29.9 Å². The van der Waals surface area contributed by atoms with Gasteiger partial charge < -0.3 is 22.7 Å². The monoisotopic (exact) mass is 353 g/mol. The Morgan fingerprint density at radius 1 is 1.22 bits per heavy atom. The van der Waals surface area contributed by atoms with Gasteiger partial charge in [0.05, 0.1) is 12.2 Å². The molecule has 0 fully saturated rings. The molecule has 0 bridgehead atoms. The van der Waals surface area contributed by atoms with Crippen molar-refractivity contribution in [1.82, 2.24) is 9.55 Å². The van der Waals surface area contributed by atoms with Gasteiger partial charge in [0.25, 0.3) is 0 Å². The van der Waals surface area contributed by atoms with E-state index in [4.69, 9.17) is 4.98 Å². The minimum absolute atomic E-state index is 0. The summed E-state index contributed by atoms with van der Waals surface area (Å²) in [6.45, 7) is 8.68. The molecule has 3 nitrogen and oxygen atoms in total. The highest BCUT2D eigenvalue weighted by Gasteiger charge is 2.20. The van der Waals surface area contributed by atoms with E-state index in [0.29, 0.717) is 5.92 Å². The second kappa shape index (κ2) is 10.0. The van der Waals surface area contributed by atoms with Gasteiger partial charge in [0.2, 0.25) is 0 Å². The quantitative estimate of drug-likeness (QED) is 0.714. The van der Waals surface area contributed by atoms with Crippen molar-refractivity contribution in [1.29, 1.82) is 0 Å². The Kier molecular flexibility index (Phi) is 8.74. The summed E-state index contributed by atoms with van der Waals surface area (Å²) in [5.41, 5.74) is 6.52. The van der Waals surface area contributed by atoms with E-state index in [2.05, 4.69) is 61.4 Å². The molecule has 0 aliphatic carbocycles. The van der Waals surface area contributed by atoms with Crippen molar-refractivity contribution in [3.8, 4) is 11.3 Å². The van der Waals surface area contributed by atoms with Gasteiger partial charge in [-0.05, 0) is 6.42 Å². The van der Waals surface area contributed by atoms with Crippen molar-refractivity contribution < 1.29 is 18.1 Å². The number of hydrogen-bond acceptors (Lipinski definition) is 2. The lowest BCUT2D eigenvalue weighted by molar-refractivity contribution is -0.360. The number of quaternary nitrogens is 1. The summed E-state index contributed by atoms with van der Waals surface area (Å²) in [7, 11) is 0. The smallest absolute Gasteiger partial charge is 0.123 e. The first-order valence-electron chi connectivity index (χ1n) is 8.26. The third-order valence-electron chi connectivity index (χ3n) is 3.65. The number of benzene rings is 1. The molecule has 0 aliphatic heterocycles. The summed E-state index contributed by atoms with van der Waals surface area (Å²) < 4.78 is 2.44. The molecule has 1 aromatic heterocycles. The van der Waals surface area contributed by atoms with E-state index in [1.54, 1.807) is 0 Å². The van der Waals surface area contributed by atoms with E-state index in [0.717, 1.165) is 23.9 Å². The van der Waals surface area contributed by atoms with Crippen LogP contribution in [0.1, 0.15) is 45.4 Å². The summed E-state index contributed by atoms with van der Waals surface area (Å²) in [6.07, 6.45) is 2.39. The van der Waals surface area contributed by atoms with Gasteiger partial charge in [-0.1, -0.05) is 69.3 Å². The van der Waals surface area contributed by atoms with Crippen molar-refractivity contribution in [2.24, 2.45) is 0 Å². The Balaban J connectivity index is 0.00000264. The molecule has 0 saturated heterocycles. The number of thioether (sulfide) groups is 1. The molecule has 128 valence electrons. The maximum absolute atomic E-state index is 4.97. The third kappa shape index (κ3) is 5.00. The molecule has 0 radical (unpaired) electrons. The van der Waals surface area contributed by atoms with Gasteiger partial charge in [0, 0.05) is 23.8 Å². The maximum atomic E-state index is 4.97. The van der Waals surface area contributed by atoms with Crippen molar-refractivity contribution in [2.75, 3.05) is 12.3 Å². The number of hydrogen-bond donors (Lipinski definition) is 1. The van der Waals surface area contributed by atoms with E-state index < -0.39 is 0 Å². The molecular weight excluding hydrogens is 326 g/mol. The number of aromatic nitrogens is 2. The first kappa shape index (κ1) is 20.1. The summed E-state index contributed by atoms with van der Waals surface area (Å²) in [5.74, 6) is 2.66. The topological polar surface area (TPSA) is 45.5 Å². The van der Waals surface area contributed by atoms with E-state index in [9.17, 15) is 0 Å². The first-order chi connectivity index (χ1) is 10.7. The van der Waals surface area contributed by atoms with Crippen LogP contribution in [-0.4, -0.2) is 21.8 Å². The van der Waals surface area contributed by atoms with E-state index in [-0.39, 0.29) is 12.4 Å². The van der Waals surface area contributed by atoms with Crippen molar-refractivity contribution in [3.63, 3.8) is 0 Å². The van der Waals surface area contributed by atoms with Gasteiger partial charge >= 0.3 is 0 Å². The number of rotatable bonds is 8. The molecular formula is C18H28ClN3S. The summed E-state index contributed by atoms with van der Waals surface area (Å²) >= 11 is 1.83. The van der Waals surface area contributed by atoms with Crippen molar-refractivity contribution in [2.45, 2.75) is 51.1 Å². The molecule has 23 heavy (non-hydrogen) atoms. The minimum Gasteiger partial charge on any atom is -1.00 e. The largest absolute Gasteiger partial charge is 1.00 e. The standard InChI is InChI=1S/C18H27N3S.ClH/c1-4-5-12-21-16(15-9-7-6-8-10-15)18(22-13-11-19)20-17(21)14(2)3;/h6-10,14H,4-5,11-13,19H2,1-3H3;1H. The predicted molar refractivity (Wildman–Crippen MR) is 95.1 cm³/mol.